The second-order valence-corrected chi connectivity index (χ2v) is 4.84. The Morgan fingerprint density at radius 1 is 1.29 bits per heavy atom. The lowest BCUT2D eigenvalue weighted by molar-refractivity contribution is 0.0963. The van der Waals surface area contributed by atoms with Crippen molar-refractivity contribution in [2.75, 3.05) is 0 Å². The molecule has 1 rings (SSSR count). The van der Waals surface area contributed by atoms with Gasteiger partial charge in [0.15, 0.2) is 5.78 Å². The summed E-state index contributed by atoms with van der Waals surface area (Å²) in [5.74, 6) is 1.42. The molecular weight excluding hydrogens is 212 g/mol. The Balaban J connectivity index is 2.73. The summed E-state index contributed by atoms with van der Waals surface area (Å²) in [6, 6.07) is 7.46. The smallest absolute Gasteiger partial charge is 0.163 e. The third kappa shape index (κ3) is 4.59. The SMILES string of the molecule is CCC(C)CC(=O)c1cccc(OC(C)C)c1. The monoisotopic (exact) mass is 234 g/mol. The van der Waals surface area contributed by atoms with Crippen LogP contribution in [-0.2, 0) is 0 Å². The molecule has 0 saturated carbocycles. The lowest BCUT2D eigenvalue weighted by Crippen LogP contribution is -2.08. The maximum atomic E-state index is 12.0. The molecule has 0 N–H and O–H groups in total. The van der Waals surface area contributed by atoms with Crippen LogP contribution in [0.4, 0.5) is 0 Å². The number of hydrogen-bond acceptors (Lipinski definition) is 2. The zero-order valence-corrected chi connectivity index (χ0v) is 11.2. The van der Waals surface area contributed by atoms with E-state index in [-0.39, 0.29) is 11.9 Å². The van der Waals surface area contributed by atoms with Crippen molar-refractivity contribution >= 4 is 5.78 Å². The number of benzene rings is 1. The van der Waals surface area contributed by atoms with Gasteiger partial charge >= 0.3 is 0 Å². The van der Waals surface area contributed by atoms with E-state index in [1.165, 1.54) is 0 Å². The van der Waals surface area contributed by atoms with Crippen LogP contribution in [0.2, 0.25) is 0 Å². The number of ketones is 1. The molecule has 94 valence electrons. The summed E-state index contributed by atoms with van der Waals surface area (Å²) in [5, 5.41) is 0. The van der Waals surface area contributed by atoms with Crippen LogP contribution in [0, 0.1) is 5.92 Å². The summed E-state index contributed by atoms with van der Waals surface area (Å²) in [7, 11) is 0. The average molecular weight is 234 g/mol. The number of ether oxygens (including phenoxy) is 1. The Labute approximate surface area is 104 Å². The van der Waals surface area contributed by atoms with Crippen molar-refractivity contribution < 1.29 is 9.53 Å². The Hall–Kier alpha value is -1.31. The van der Waals surface area contributed by atoms with Crippen molar-refractivity contribution in [3.63, 3.8) is 0 Å². The molecule has 0 fully saturated rings. The quantitative estimate of drug-likeness (QED) is 0.693. The minimum absolute atomic E-state index is 0.134. The van der Waals surface area contributed by atoms with Gasteiger partial charge < -0.3 is 4.74 Å². The summed E-state index contributed by atoms with van der Waals surface area (Å²) in [6.07, 6.45) is 1.78. The van der Waals surface area contributed by atoms with E-state index in [9.17, 15) is 4.79 Å². The number of carbonyl (C=O) groups excluding carboxylic acids is 1. The number of carbonyl (C=O) groups is 1. The molecule has 2 heteroatoms. The molecule has 2 nitrogen and oxygen atoms in total. The maximum absolute atomic E-state index is 12.0. The van der Waals surface area contributed by atoms with Crippen LogP contribution >= 0.6 is 0 Å². The van der Waals surface area contributed by atoms with Crippen LogP contribution < -0.4 is 4.74 Å². The molecule has 17 heavy (non-hydrogen) atoms. The maximum Gasteiger partial charge on any atom is 0.163 e. The lowest BCUT2D eigenvalue weighted by atomic mass is 9.98. The van der Waals surface area contributed by atoms with Gasteiger partial charge in [-0.2, -0.15) is 0 Å². The molecule has 1 aromatic rings. The number of hydrogen-bond donors (Lipinski definition) is 0. The highest BCUT2D eigenvalue weighted by Crippen LogP contribution is 2.18. The molecule has 0 aliphatic carbocycles. The van der Waals surface area contributed by atoms with Crippen LogP contribution in [-0.4, -0.2) is 11.9 Å². The number of Topliss-reactive ketones (excluding diaryl/α,β-unsaturated/α-hetero) is 1. The van der Waals surface area contributed by atoms with Crippen LogP contribution in [0.1, 0.15) is 50.9 Å². The van der Waals surface area contributed by atoms with Gasteiger partial charge in [-0.25, -0.2) is 0 Å². The summed E-state index contributed by atoms with van der Waals surface area (Å²) in [5.41, 5.74) is 0.753. The molecule has 1 aromatic carbocycles. The van der Waals surface area contributed by atoms with E-state index in [0.717, 1.165) is 17.7 Å². The molecule has 0 aromatic heterocycles. The van der Waals surface area contributed by atoms with Crippen molar-refractivity contribution in [3.05, 3.63) is 29.8 Å². The minimum atomic E-state index is 0.134. The minimum Gasteiger partial charge on any atom is -0.491 e. The molecule has 0 aliphatic rings. The molecule has 0 radical (unpaired) electrons. The fourth-order valence-corrected chi connectivity index (χ4v) is 1.59. The molecule has 0 spiro atoms. The standard InChI is InChI=1S/C15H22O2/c1-5-12(4)9-15(16)13-7-6-8-14(10-13)17-11(2)3/h6-8,10-12H,5,9H2,1-4H3. The van der Waals surface area contributed by atoms with Crippen molar-refractivity contribution in [1.82, 2.24) is 0 Å². The molecule has 0 amide bonds. The third-order valence-electron chi connectivity index (χ3n) is 2.76. The number of rotatable bonds is 6. The van der Waals surface area contributed by atoms with Gasteiger partial charge in [0.1, 0.15) is 5.75 Å². The van der Waals surface area contributed by atoms with Gasteiger partial charge in [-0.05, 0) is 31.9 Å². The first-order chi connectivity index (χ1) is 8.02. The highest BCUT2D eigenvalue weighted by molar-refractivity contribution is 5.96. The van der Waals surface area contributed by atoms with Crippen molar-refractivity contribution in [2.24, 2.45) is 5.92 Å². The Bertz CT molecular complexity index is 369. The van der Waals surface area contributed by atoms with Gasteiger partial charge in [0.2, 0.25) is 0 Å². The van der Waals surface area contributed by atoms with Crippen molar-refractivity contribution in [3.8, 4) is 5.75 Å². The second-order valence-electron chi connectivity index (χ2n) is 4.84. The summed E-state index contributed by atoms with van der Waals surface area (Å²) < 4.78 is 5.58. The summed E-state index contributed by atoms with van der Waals surface area (Å²) >= 11 is 0. The van der Waals surface area contributed by atoms with Crippen LogP contribution in [0.15, 0.2) is 24.3 Å². The molecule has 0 aliphatic heterocycles. The Kier molecular flexibility index (Phi) is 5.20. The van der Waals surface area contributed by atoms with E-state index < -0.39 is 0 Å². The van der Waals surface area contributed by atoms with Gasteiger partial charge in [0.25, 0.3) is 0 Å². The van der Waals surface area contributed by atoms with Crippen LogP contribution in [0.3, 0.4) is 0 Å². The summed E-state index contributed by atoms with van der Waals surface area (Å²) in [4.78, 5) is 12.0. The van der Waals surface area contributed by atoms with Gasteiger partial charge in [-0.1, -0.05) is 32.4 Å². The molecule has 0 bridgehead atoms. The topological polar surface area (TPSA) is 26.3 Å². The van der Waals surface area contributed by atoms with Crippen molar-refractivity contribution in [2.45, 2.75) is 46.6 Å². The predicted molar refractivity (Wildman–Crippen MR) is 70.6 cm³/mol. The zero-order chi connectivity index (χ0) is 12.8. The van der Waals surface area contributed by atoms with Gasteiger partial charge in [-0.3, -0.25) is 4.79 Å². The van der Waals surface area contributed by atoms with E-state index in [4.69, 9.17) is 4.74 Å². The predicted octanol–water partition coefficient (Wildman–Crippen LogP) is 4.09. The highest BCUT2D eigenvalue weighted by atomic mass is 16.5. The second kappa shape index (κ2) is 6.43. The van der Waals surface area contributed by atoms with E-state index in [1.807, 2.05) is 38.1 Å². The Morgan fingerprint density at radius 2 is 2.00 bits per heavy atom. The van der Waals surface area contributed by atoms with Crippen LogP contribution in [0.25, 0.3) is 0 Å². The average Bonchev–Trinajstić information content (AvgIpc) is 2.28. The van der Waals surface area contributed by atoms with Gasteiger partial charge in [0.05, 0.1) is 6.10 Å². The molecular formula is C15H22O2. The van der Waals surface area contributed by atoms with E-state index in [0.29, 0.717) is 12.3 Å². The first-order valence-corrected chi connectivity index (χ1v) is 6.32. The molecule has 1 unspecified atom stereocenters. The first kappa shape index (κ1) is 13.8. The largest absolute Gasteiger partial charge is 0.491 e. The van der Waals surface area contributed by atoms with E-state index in [2.05, 4.69) is 13.8 Å². The summed E-state index contributed by atoms with van der Waals surface area (Å²) in [6.45, 7) is 8.17. The van der Waals surface area contributed by atoms with Crippen LogP contribution in [0.5, 0.6) is 5.75 Å². The fraction of sp³-hybridized carbons (Fsp3) is 0.533. The molecule has 0 saturated heterocycles. The molecule has 0 heterocycles. The third-order valence-corrected chi connectivity index (χ3v) is 2.76. The normalized spacial score (nSPS) is 12.5. The van der Waals surface area contributed by atoms with E-state index in [1.54, 1.807) is 0 Å². The zero-order valence-electron chi connectivity index (χ0n) is 11.2. The van der Waals surface area contributed by atoms with Gasteiger partial charge in [0, 0.05) is 12.0 Å². The lowest BCUT2D eigenvalue weighted by Gasteiger charge is -2.11. The fourth-order valence-electron chi connectivity index (χ4n) is 1.59. The Morgan fingerprint density at radius 3 is 2.59 bits per heavy atom. The highest BCUT2D eigenvalue weighted by Gasteiger charge is 2.11. The van der Waals surface area contributed by atoms with E-state index >= 15 is 0 Å². The first-order valence-electron chi connectivity index (χ1n) is 6.32. The van der Waals surface area contributed by atoms with Gasteiger partial charge in [-0.15, -0.1) is 0 Å². The van der Waals surface area contributed by atoms with Crippen molar-refractivity contribution in [1.29, 1.82) is 0 Å². The molecule has 1 atom stereocenters.